The molecular formula is C38H39F4N7O3. The van der Waals surface area contributed by atoms with Crippen LogP contribution in [0.4, 0.5) is 23.4 Å². The molecule has 8 rings (SSSR count). The highest BCUT2D eigenvalue weighted by atomic mass is 19.2. The van der Waals surface area contributed by atoms with Gasteiger partial charge in [0.1, 0.15) is 29.8 Å². The van der Waals surface area contributed by atoms with Crippen LogP contribution >= 0.6 is 0 Å². The van der Waals surface area contributed by atoms with Gasteiger partial charge >= 0.3 is 6.01 Å². The van der Waals surface area contributed by atoms with E-state index in [1.165, 1.54) is 18.3 Å². The van der Waals surface area contributed by atoms with Gasteiger partial charge in [-0.25, -0.2) is 17.6 Å². The number of β-amino-alcohol motifs (C(OH)–C–C–N with tert-alkyl or cyclic N) is 1. The van der Waals surface area contributed by atoms with Crippen LogP contribution < -0.4 is 9.64 Å². The van der Waals surface area contributed by atoms with E-state index in [1.807, 2.05) is 16.8 Å². The van der Waals surface area contributed by atoms with Crippen molar-refractivity contribution in [2.45, 2.75) is 62.0 Å². The smallest absolute Gasteiger partial charge is 0.319 e. The zero-order valence-corrected chi connectivity index (χ0v) is 29.0. The normalized spacial score (nSPS) is 26.2. The van der Waals surface area contributed by atoms with Gasteiger partial charge in [0.15, 0.2) is 17.5 Å². The molecule has 0 bridgehead atoms. The van der Waals surface area contributed by atoms with Crippen LogP contribution in [0.1, 0.15) is 32.1 Å². The van der Waals surface area contributed by atoms with Crippen molar-refractivity contribution in [2.75, 3.05) is 58.3 Å². The van der Waals surface area contributed by atoms with Crippen molar-refractivity contribution in [1.29, 1.82) is 0 Å². The number of fused-ring (bicyclic) bond motifs is 3. The first-order chi connectivity index (χ1) is 25.0. The molecule has 52 heavy (non-hydrogen) atoms. The van der Waals surface area contributed by atoms with Gasteiger partial charge in [0, 0.05) is 69.3 Å². The number of alkyl halides is 1. The topological polar surface area (TPSA) is 98.2 Å². The van der Waals surface area contributed by atoms with E-state index in [-0.39, 0.29) is 58.2 Å². The van der Waals surface area contributed by atoms with E-state index in [4.69, 9.17) is 9.72 Å². The van der Waals surface area contributed by atoms with Crippen LogP contribution in [0.3, 0.4) is 0 Å². The Kier molecular flexibility index (Phi) is 8.92. The van der Waals surface area contributed by atoms with Crippen molar-refractivity contribution in [3.8, 4) is 29.1 Å². The predicted molar refractivity (Wildman–Crippen MR) is 187 cm³/mol. The molecule has 4 aliphatic heterocycles. The molecule has 5 atom stereocenters. The Morgan fingerprint density at radius 1 is 1.12 bits per heavy atom. The number of rotatable bonds is 6. The first-order valence-electron chi connectivity index (χ1n) is 17.7. The number of amides is 1. The summed E-state index contributed by atoms with van der Waals surface area (Å²) in [6.07, 6.45) is 3.04. The van der Waals surface area contributed by atoms with E-state index in [1.54, 1.807) is 24.1 Å². The Morgan fingerprint density at radius 2 is 1.96 bits per heavy atom. The van der Waals surface area contributed by atoms with Gasteiger partial charge < -0.3 is 19.6 Å². The highest BCUT2D eigenvalue weighted by Gasteiger charge is 2.49. The lowest BCUT2D eigenvalue weighted by atomic mass is 9.95. The van der Waals surface area contributed by atoms with Gasteiger partial charge in [-0.1, -0.05) is 30.2 Å². The molecule has 2 aromatic carbocycles. The average molecular weight is 718 g/mol. The maximum Gasteiger partial charge on any atom is 0.319 e. The zero-order chi connectivity index (χ0) is 36.3. The third kappa shape index (κ3) is 6.08. The Morgan fingerprint density at radius 3 is 2.77 bits per heavy atom. The number of likely N-dealkylation sites (tertiary alicyclic amines) is 2. The molecule has 4 fully saturated rings. The van der Waals surface area contributed by atoms with Crippen LogP contribution in [0, 0.1) is 29.3 Å². The number of aromatic nitrogens is 3. The van der Waals surface area contributed by atoms with Crippen LogP contribution in [0.25, 0.3) is 32.9 Å². The molecular weight excluding hydrogens is 678 g/mol. The van der Waals surface area contributed by atoms with E-state index >= 15 is 8.78 Å². The quantitative estimate of drug-likeness (QED) is 0.231. The fourth-order valence-corrected chi connectivity index (χ4v) is 8.48. The summed E-state index contributed by atoms with van der Waals surface area (Å²) in [5, 5.41) is 10.5. The van der Waals surface area contributed by atoms with Crippen molar-refractivity contribution in [3.63, 3.8) is 0 Å². The first-order valence-corrected chi connectivity index (χ1v) is 17.7. The second-order valence-corrected chi connectivity index (χ2v) is 14.6. The molecule has 14 heteroatoms. The molecule has 4 aliphatic rings. The van der Waals surface area contributed by atoms with Crippen LogP contribution in [0.5, 0.6) is 6.01 Å². The fraction of sp³-hybridized carbons (Fsp3) is 0.474. The molecule has 1 amide bonds. The molecule has 4 saturated heterocycles. The summed E-state index contributed by atoms with van der Waals surface area (Å²) in [6.45, 7) is 2.51. The van der Waals surface area contributed by atoms with Crippen molar-refractivity contribution in [2.24, 2.45) is 0 Å². The van der Waals surface area contributed by atoms with Crippen LogP contribution in [-0.2, 0) is 4.79 Å². The second-order valence-electron chi connectivity index (χ2n) is 14.6. The highest BCUT2D eigenvalue weighted by molar-refractivity contribution is 5.99. The number of aliphatic hydroxyl groups is 1. The molecule has 1 N–H and O–H groups in total. The molecule has 4 aromatic rings. The van der Waals surface area contributed by atoms with Crippen molar-refractivity contribution < 1.29 is 32.2 Å². The standard InChI is InChI=1S/C38H39F4N7O3/c1-46-20-26(50)15-24(46)8-10-30(51)48-14-11-25(19-48)47(2)36-28-17-43-34(27-6-3-5-22-7-9-29(40)32(41)31(22)27)33(42)35(28)44-37(45-36)52-21-38-12-4-13-49(38)18-23(39)16-38/h3,5-7,9,17,23-26,50H,4,11-16,18-21H2,1-2H3/t23-,24-,25-,26-,38+/m1/s1. The maximum atomic E-state index is 16.8. The van der Waals surface area contributed by atoms with Crippen LogP contribution in [0.2, 0.25) is 0 Å². The third-order valence-corrected chi connectivity index (χ3v) is 11.3. The van der Waals surface area contributed by atoms with E-state index in [2.05, 4.69) is 26.7 Å². The molecule has 0 spiro atoms. The van der Waals surface area contributed by atoms with Gasteiger partial charge in [-0.2, -0.15) is 9.97 Å². The Balaban J connectivity index is 1.14. The van der Waals surface area contributed by atoms with E-state index < -0.39 is 35.3 Å². The van der Waals surface area contributed by atoms with Crippen LogP contribution in [0.15, 0.2) is 36.5 Å². The third-order valence-electron chi connectivity index (χ3n) is 11.3. The minimum absolute atomic E-state index is 0.0645. The summed E-state index contributed by atoms with van der Waals surface area (Å²) in [7, 11) is 3.65. The number of carbonyl (C=O) groups excluding carboxylic acids is 1. The van der Waals surface area contributed by atoms with Gasteiger partial charge in [0.2, 0.25) is 0 Å². The summed E-state index contributed by atoms with van der Waals surface area (Å²) < 4.78 is 67.1. The summed E-state index contributed by atoms with van der Waals surface area (Å²) >= 11 is 0. The number of halogens is 4. The molecule has 2 aromatic heterocycles. The number of aliphatic hydroxyl groups excluding tert-OH is 1. The number of hydrogen-bond donors (Lipinski definition) is 1. The monoisotopic (exact) mass is 717 g/mol. The lowest BCUT2D eigenvalue weighted by molar-refractivity contribution is -0.124. The number of nitrogens with zero attached hydrogens (tertiary/aromatic N) is 7. The van der Waals surface area contributed by atoms with Crippen molar-refractivity contribution in [1.82, 2.24) is 29.7 Å². The van der Waals surface area contributed by atoms with E-state index in [9.17, 15) is 18.7 Å². The Hall–Kier alpha value is -4.58. The van der Waals surface area contributed by atoms with Crippen molar-refractivity contribution in [3.05, 3.63) is 54.0 Å². The molecule has 0 radical (unpaired) electrons. The molecule has 0 unspecified atom stereocenters. The minimum atomic E-state index is -1.11. The summed E-state index contributed by atoms with van der Waals surface area (Å²) in [4.78, 5) is 34.3. The Labute approximate surface area is 298 Å². The molecule has 0 aliphatic carbocycles. The predicted octanol–water partition coefficient (Wildman–Crippen LogP) is 4.32. The molecule has 6 heterocycles. The zero-order valence-electron chi connectivity index (χ0n) is 29.0. The summed E-state index contributed by atoms with van der Waals surface area (Å²) in [5.74, 6) is 2.71. The number of likely N-dealkylation sites (N-methyl/N-ethyl adjacent to an activating group) is 2. The van der Waals surface area contributed by atoms with E-state index in [0.717, 1.165) is 25.5 Å². The summed E-state index contributed by atoms with van der Waals surface area (Å²) in [6, 6.07) is 6.62. The SMILES string of the molecule is CN1C[C@H](O)C[C@H]1C#CC(=O)N1CC[C@@H](N(C)c2nc(OC[C@@]34CCCN3C[C@H](F)C4)nc3c(F)c(-c4cccc5ccc(F)c(F)c45)ncc23)C1. The minimum Gasteiger partial charge on any atom is -0.461 e. The number of anilines is 1. The number of pyridine rings is 1. The lowest BCUT2D eigenvalue weighted by Crippen LogP contribution is -2.43. The highest BCUT2D eigenvalue weighted by Crippen LogP contribution is 2.41. The van der Waals surface area contributed by atoms with Crippen molar-refractivity contribution >= 4 is 33.4 Å². The number of ether oxygens (including phenoxy) is 1. The molecule has 10 nitrogen and oxygen atoms in total. The van der Waals surface area contributed by atoms with Gasteiger partial charge in [0.05, 0.1) is 23.1 Å². The van der Waals surface area contributed by atoms with Gasteiger partial charge in [-0.15, -0.1) is 0 Å². The average Bonchev–Trinajstić information content (AvgIpc) is 3.91. The lowest BCUT2D eigenvalue weighted by Gasteiger charge is -2.31. The van der Waals surface area contributed by atoms with Gasteiger partial charge in [-0.3, -0.25) is 19.6 Å². The Bertz CT molecular complexity index is 2130. The molecule has 272 valence electrons. The van der Waals surface area contributed by atoms with Crippen LogP contribution in [-0.4, -0.2) is 124 Å². The number of carbonyl (C=O) groups is 1. The fourth-order valence-electron chi connectivity index (χ4n) is 8.48. The second kappa shape index (κ2) is 13.4. The number of hydrogen-bond acceptors (Lipinski definition) is 9. The van der Waals surface area contributed by atoms with Gasteiger partial charge in [0.25, 0.3) is 5.91 Å². The maximum absolute atomic E-state index is 16.8. The van der Waals surface area contributed by atoms with Gasteiger partial charge in [-0.05, 0) is 50.2 Å². The number of benzene rings is 2. The molecule has 0 saturated carbocycles. The van der Waals surface area contributed by atoms with E-state index in [0.29, 0.717) is 56.6 Å². The largest absolute Gasteiger partial charge is 0.461 e. The first kappa shape index (κ1) is 34.5. The summed E-state index contributed by atoms with van der Waals surface area (Å²) in [5.41, 5.74) is -0.778.